The lowest BCUT2D eigenvalue weighted by Crippen LogP contribution is -2.22. The number of rotatable bonds is 5. The molecule has 1 unspecified atom stereocenters. The molecule has 0 bridgehead atoms. The first-order valence-corrected chi connectivity index (χ1v) is 6.44. The van der Waals surface area contributed by atoms with Crippen molar-refractivity contribution >= 4 is 22.4 Å². The second-order valence-electron chi connectivity index (χ2n) is 4.03. The summed E-state index contributed by atoms with van der Waals surface area (Å²) in [5.41, 5.74) is 0.908. The van der Waals surface area contributed by atoms with Crippen LogP contribution in [0.15, 0.2) is 6.07 Å². The third kappa shape index (κ3) is 4.07. The van der Waals surface area contributed by atoms with E-state index in [1.54, 1.807) is 0 Å². The normalized spacial score (nSPS) is 19.5. The van der Waals surface area contributed by atoms with Gasteiger partial charge in [-0.3, -0.25) is 4.79 Å². The van der Waals surface area contributed by atoms with Crippen LogP contribution in [0.4, 0.5) is 5.00 Å². The summed E-state index contributed by atoms with van der Waals surface area (Å²) in [5.74, 6) is -0.147. The predicted molar refractivity (Wildman–Crippen MR) is 65.3 cm³/mol. The van der Waals surface area contributed by atoms with Gasteiger partial charge in [-0.1, -0.05) is 0 Å². The van der Waals surface area contributed by atoms with Gasteiger partial charge in [0.25, 0.3) is 5.91 Å². The summed E-state index contributed by atoms with van der Waals surface area (Å²) in [5, 5.41) is 3.50. The Morgan fingerprint density at radius 2 is 2.65 bits per heavy atom. The van der Waals surface area contributed by atoms with Gasteiger partial charge in [-0.15, -0.1) is 0 Å². The lowest BCUT2D eigenvalue weighted by molar-refractivity contribution is -0.121. The van der Waals surface area contributed by atoms with E-state index in [2.05, 4.69) is 9.69 Å². The van der Waals surface area contributed by atoms with E-state index in [0.29, 0.717) is 6.61 Å². The van der Waals surface area contributed by atoms with E-state index in [-0.39, 0.29) is 18.6 Å². The Bertz CT molecular complexity index is 375. The minimum absolute atomic E-state index is 0.0663. The molecule has 6 heteroatoms. The first-order chi connectivity index (χ1) is 8.24. The van der Waals surface area contributed by atoms with Crippen molar-refractivity contribution in [1.29, 1.82) is 0 Å². The molecule has 1 fully saturated rings. The molecule has 0 saturated carbocycles. The second kappa shape index (κ2) is 6.09. The maximum Gasteiger partial charge on any atom is 0.251 e. The number of anilines is 1. The first kappa shape index (κ1) is 12.5. The number of carbonyl (C=O) groups excluding carboxylic acids is 1. The number of nitrogens with one attached hydrogen (secondary N) is 1. The highest BCUT2D eigenvalue weighted by atomic mass is 32.1. The molecule has 1 aromatic heterocycles. The van der Waals surface area contributed by atoms with Crippen molar-refractivity contribution in [2.24, 2.45) is 0 Å². The lowest BCUT2D eigenvalue weighted by Gasteiger charge is -2.09. The molecule has 0 aromatic carbocycles. The predicted octanol–water partition coefficient (Wildman–Crippen LogP) is 1.59. The quantitative estimate of drug-likeness (QED) is 0.869. The average Bonchev–Trinajstić information content (AvgIpc) is 2.90. The standard InChI is InChI=1S/C11H16N2O3S/c1-8-5-11(17-13-8)12-10(14)7-15-6-9-3-2-4-16-9/h5,9H,2-4,6-7H2,1H3,(H,12,14). The van der Waals surface area contributed by atoms with Gasteiger partial charge in [0.15, 0.2) is 0 Å². The minimum Gasteiger partial charge on any atom is -0.376 e. The monoisotopic (exact) mass is 256 g/mol. The number of hydrogen-bond acceptors (Lipinski definition) is 5. The molecule has 1 amide bonds. The third-order valence-corrected chi connectivity index (χ3v) is 3.25. The van der Waals surface area contributed by atoms with Crippen molar-refractivity contribution in [3.63, 3.8) is 0 Å². The van der Waals surface area contributed by atoms with Gasteiger partial charge < -0.3 is 14.8 Å². The van der Waals surface area contributed by atoms with Crippen LogP contribution in [0.3, 0.4) is 0 Å². The van der Waals surface area contributed by atoms with E-state index in [4.69, 9.17) is 9.47 Å². The van der Waals surface area contributed by atoms with Gasteiger partial charge in [0, 0.05) is 6.61 Å². The summed E-state index contributed by atoms with van der Waals surface area (Å²) in [4.78, 5) is 11.5. The van der Waals surface area contributed by atoms with Crippen LogP contribution in [0, 0.1) is 6.92 Å². The Hall–Kier alpha value is -0.980. The zero-order chi connectivity index (χ0) is 12.1. The first-order valence-electron chi connectivity index (χ1n) is 5.66. The molecule has 17 heavy (non-hydrogen) atoms. The summed E-state index contributed by atoms with van der Waals surface area (Å²) in [7, 11) is 0. The molecule has 1 aliphatic rings. The molecule has 2 heterocycles. The van der Waals surface area contributed by atoms with E-state index in [9.17, 15) is 4.79 Å². The topological polar surface area (TPSA) is 60.5 Å². The summed E-state index contributed by atoms with van der Waals surface area (Å²) in [6, 6.07) is 1.84. The molecular formula is C11H16N2O3S. The van der Waals surface area contributed by atoms with E-state index in [0.717, 1.165) is 30.1 Å². The number of carbonyl (C=O) groups is 1. The second-order valence-corrected chi connectivity index (χ2v) is 4.84. The minimum atomic E-state index is -0.147. The van der Waals surface area contributed by atoms with Gasteiger partial charge in [-0.25, -0.2) is 0 Å². The highest BCUT2D eigenvalue weighted by molar-refractivity contribution is 7.10. The van der Waals surface area contributed by atoms with E-state index < -0.39 is 0 Å². The molecule has 1 saturated heterocycles. The number of ether oxygens (including phenoxy) is 2. The zero-order valence-electron chi connectivity index (χ0n) is 9.77. The van der Waals surface area contributed by atoms with Crippen molar-refractivity contribution in [2.75, 3.05) is 25.1 Å². The lowest BCUT2D eigenvalue weighted by atomic mass is 10.2. The van der Waals surface area contributed by atoms with Crippen LogP contribution >= 0.6 is 11.5 Å². The van der Waals surface area contributed by atoms with Crippen LogP contribution in [0.25, 0.3) is 0 Å². The van der Waals surface area contributed by atoms with Crippen LogP contribution < -0.4 is 5.32 Å². The highest BCUT2D eigenvalue weighted by Gasteiger charge is 2.16. The van der Waals surface area contributed by atoms with Gasteiger partial charge in [0.05, 0.1) is 18.4 Å². The van der Waals surface area contributed by atoms with E-state index >= 15 is 0 Å². The van der Waals surface area contributed by atoms with Gasteiger partial charge in [0.2, 0.25) is 0 Å². The van der Waals surface area contributed by atoms with Crippen molar-refractivity contribution < 1.29 is 14.3 Å². The number of nitrogens with zero attached hydrogens (tertiary/aromatic N) is 1. The molecule has 0 radical (unpaired) electrons. The number of aryl methyl sites for hydroxylation is 1. The Labute approximate surface area is 104 Å². The van der Waals surface area contributed by atoms with Crippen molar-refractivity contribution in [3.05, 3.63) is 11.8 Å². The van der Waals surface area contributed by atoms with E-state index in [1.807, 2.05) is 13.0 Å². The molecule has 0 spiro atoms. The van der Waals surface area contributed by atoms with E-state index in [1.165, 1.54) is 11.5 Å². The maximum absolute atomic E-state index is 11.5. The fourth-order valence-electron chi connectivity index (χ4n) is 1.65. The van der Waals surface area contributed by atoms with Crippen molar-refractivity contribution in [2.45, 2.75) is 25.9 Å². The van der Waals surface area contributed by atoms with Gasteiger partial charge >= 0.3 is 0 Å². The largest absolute Gasteiger partial charge is 0.376 e. The number of hydrogen-bond donors (Lipinski definition) is 1. The number of aromatic nitrogens is 1. The molecule has 1 N–H and O–H groups in total. The highest BCUT2D eigenvalue weighted by Crippen LogP contribution is 2.15. The Kier molecular flexibility index (Phi) is 4.47. The molecule has 1 aliphatic heterocycles. The van der Waals surface area contributed by atoms with Gasteiger partial charge in [-0.2, -0.15) is 4.37 Å². The van der Waals surface area contributed by atoms with Crippen LogP contribution in [0.5, 0.6) is 0 Å². The van der Waals surface area contributed by atoms with Crippen LogP contribution in [0.2, 0.25) is 0 Å². The fraction of sp³-hybridized carbons (Fsp3) is 0.636. The van der Waals surface area contributed by atoms with Crippen molar-refractivity contribution in [3.8, 4) is 0 Å². The summed E-state index contributed by atoms with van der Waals surface area (Å²) in [6.07, 6.45) is 2.27. The Morgan fingerprint density at radius 1 is 1.76 bits per heavy atom. The summed E-state index contributed by atoms with van der Waals surface area (Å²) >= 11 is 1.27. The molecule has 1 aromatic rings. The van der Waals surface area contributed by atoms with Crippen LogP contribution in [-0.4, -0.2) is 36.2 Å². The molecule has 94 valence electrons. The Balaban J connectivity index is 1.63. The maximum atomic E-state index is 11.5. The average molecular weight is 256 g/mol. The zero-order valence-corrected chi connectivity index (χ0v) is 10.6. The fourth-order valence-corrected chi connectivity index (χ4v) is 2.33. The van der Waals surface area contributed by atoms with Gasteiger partial charge in [0.1, 0.15) is 11.6 Å². The van der Waals surface area contributed by atoms with Crippen molar-refractivity contribution in [1.82, 2.24) is 4.37 Å². The third-order valence-electron chi connectivity index (χ3n) is 2.45. The molecule has 0 aliphatic carbocycles. The molecular weight excluding hydrogens is 240 g/mol. The molecule has 1 atom stereocenters. The SMILES string of the molecule is Cc1cc(NC(=O)COCC2CCCO2)sn1. The van der Waals surface area contributed by atoms with Gasteiger partial charge in [-0.05, 0) is 37.4 Å². The smallest absolute Gasteiger partial charge is 0.251 e. The number of amides is 1. The Morgan fingerprint density at radius 3 is 3.29 bits per heavy atom. The van der Waals surface area contributed by atoms with Crippen LogP contribution in [-0.2, 0) is 14.3 Å². The molecule has 2 rings (SSSR count). The summed E-state index contributed by atoms with van der Waals surface area (Å²) in [6.45, 7) is 3.26. The molecule has 5 nitrogen and oxygen atoms in total. The summed E-state index contributed by atoms with van der Waals surface area (Å²) < 4.78 is 14.8. The van der Waals surface area contributed by atoms with Crippen LogP contribution in [0.1, 0.15) is 18.5 Å².